The summed E-state index contributed by atoms with van der Waals surface area (Å²) in [5, 5.41) is 2.36. The number of H-pyrrole nitrogens is 1. The van der Waals surface area contributed by atoms with Crippen molar-refractivity contribution in [2.75, 3.05) is 0 Å². The van der Waals surface area contributed by atoms with Crippen molar-refractivity contribution in [3.63, 3.8) is 0 Å². The maximum atomic E-state index is 5.17. The number of aromatic nitrogens is 3. The molecule has 8 aromatic rings. The molecule has 3 heterocycles. The van der Waals surface area contributed by atoms with Crippen LogP contribution in [0.1, 0.15) is 0 Å². The van der Waals surface area contributed by atoms with Crippen molar-refractivity contribution in [2.24, 2.45) is 0 Å². The van der Waals surface area contributed by atoms with Gasteiger partial charge in [0.25, 0.3) is 0 Å². The summed E-state index contributed by atoms with van der Waals surface area (Å²) in [6, 6.07) is 53.0. The Morgan fingerprint density at radius 2 is 0.907 bits per heavy atom. The van der Waals surface area contributed by atoms with Gasteiger partial charge in [-0.15, -0.1) is 0 Å². The number of para-hydroxylation sites is 2. The van der Waals surface area contributed by atoms with Gasteiger partial charge in [-0.2, -0.15) is 0 Å². The van der Waals surface area contributed by atoms with Crippen molar-refractivity contribution < 1.29 is 0 Å². The lowest BCUT2D eigenvalue weighted by Crippen LogP contribution is -1.89. The zero-order chi connectivity index (χ0) is 28.6. The van der Waals surface area contributed by atoms with Crippen LogP contribution >= 0.6 is 0 Å². The molecular weight excluding hydrogens is 522 g/mol. The first-order valence-corrected chi connectivity index (χ1v) is 14.5. The summed E-state index contributed by atoms with van der Waals surface area (Å²) < 4.78 is 0. The minimum Gasteiger partial charge on any atom is -0.353 e. The summed E-state index contributed by atoms with van der Waals surface area (Å²) in [5.41, 5.74) is 13.1. The highest BCUT2D eigenvalue weighted by atomic mass is 14.8. The average molecular weight is 550 g/mol. The molecule has 0 aliphatic carbocycles. The first-order chi connectivity index (χ1) is 21.3. The minimum absolute atomic E-state index is 0.937. The van der Waals surface area contributed by atoms with Crippen molar-refractivity contribution in [2.45, 2.75) is 0 Å². The van der Waals surface area contributed by atoms with Gasteiger partial charge in [-0.25, -0.2) is 4.98 Å². The third-order valence-electron chi connectivity index (χ3n) is 8.12. The number of rotatable bonds is 5. The van der Waals surface area contributed by atoms with E-state index in [0.717, 1.165) is 44.8 Å². The fourth-order valence-corrected chi connectivity index (χ4v) is 5.99. The molecule has 0 bridgehead atoms. The molecule has 0 spiro atoms. The summed E-state index contributed by atoms with van der Waals surface area (Å²) in [6.07, 6.45) is 1.84. The summed E-state index contributed by atoms with van der Waals surface area (Å²) in [6.45, 7) is 0. The van der Waals surface area contributed by atoms with Gasteiger partial charge in [-0.1, -0.05) is 121 Å². The van der Waals surface area contributed by atoms with Crippen molar-refractivity contribution in [1.29, 1.82) is 0 Å². The number of benzene rings is 5. The number of fused-ring (bicyclic) bond motifs is 3. The highest BCUT2D eigenvalue weighted by Crippen LogP contribution is 2.37. The first kappa shape index (κ1) is 25.0. The zero-order valence-corrected chi connectivity index (χ0v) is 23.4. The number of nitrogens with one attached hydrogen (secondary N) is 1. The highest BCUT2D eigenvalue weighted by Gasteiger charge is 2.15. The lowest BCUT2D eigenvalue weighted by atomic mass is 9.98. The number of nitrogens with zero attached hydrogens (tertiary/aromatic N) is 2. The number of pyridine rings is 2. The van der Waals surface area contributed by atoms with E-state index in [1.54, 1.807) is 0 Å². The van der Waals surface area contributed by atoms with Crippen molar-refractivity contribution >= 4 is 21.8 Å². The molecule has 8 rings (SSSR count). The molecule has 1 N–H and O–H groups in total. The van der Waals surface area contributed by atoms with Gasteiger partial charge >= 0.3 is 0 Å². The maximum absolute atomic E-state index is 5.17. The van der Waals surface area contributed by atoms with E-state index in [-0.39, 0.29) is 0 Å². The third-order valence-corrected chi connectivity index (χ3v) is 8.12. The molecule has 0 saturated carbocycles. The largest absolute Gasteiger partial charge is 0.353 e. The van der Waals surface area contributed by atoms with Gasteiger partial charge in [-0.3, -0.25) is 4.98 Å². The van der Waals surface area contributed by atoms with E-state index < -0.39 is 0 Å². The Hall–Kier alpha value is -5.80. The Bertz CT molecular complexity index is 2210. The Kier molecular flexibility index (Phi) is 6.12. The quantitative estimate of drug-likeness (QED) is 0.232. The van der Waals surface area contributed by atoms with Crippen molar-refractivity contribution in [1.82, 2.24) is 15.0 Å². The Morgan fingerprint density at radius 3 is 1.63 bits per heavy atom. The molecule has 0 atom stereocenters. The molecular formula is C40H27N3. The minimum atomic E-state index is 0.937. The number of hydrogen-bond donors (Lipinski definition) is 1. The molecule has 0 aliphatic heterocycles. The normalized spacial score (nSPS) is 11.3. The molecule has 0 fully saturated rings. The SMILES string of the molecule is c1ccc(-c2ccc(-c3cccc(-c4cccc(-c5cccc6c5[nH]c5c(-c7ccccn7)cccc56)n4)c3)cc2)cc1. The van der Waals surface area contributed by atoms with Gasteiger partial charge in [-0.05, 0) is 52.6 Å². The molecule has 3 heteroatoms. The Balaban J connectivity index is 1.17. The van der Waals surface area contributed by atoms with Crippen LogP contribution in [0.25, 0.3) is 77.8 Å². The van der Waals surface area contributed by atoms with E-state index in [9.17, 15) is 0 Å². The van der Waals surface area contributed by atoms with Gasteiger partial charge in [0.05, 0.1) is 28.1 Å². The van der Waals surface area contributed by atoms with E-state index >= 15 is 0 Å². The molecule has 3 nitrogen and oxygen atoms in total. The fourth-order valence-electron chi connectivity index (χ4n) is 5.99. The first-order valence-electron chi connectivity index (χ1n) is 14.5. The number of hydrogen-bond acceptors (Lipinski definition) is 2. The highest BCUT2D eigenvalue weighted by molar-refractivity contribution is 6.14. The molecule has 0 saturated heterocycles. The summed E-state index contributed by atoms with van der Waals surface area (Å²) in [7, 11) is 0. The van der Waals surface area contributed by atoms with Gasteiger partial charge in [0.1, 0.15) is 0 Å². The average Bonchev–Trinajstić information content (AvgIpc) is 3.48. The molecule has 43 heavy (non-hydrogen) atoms. The smallest absolute Gasteiger partial charge is 0.0730 e. The van der Waals surface area contributed by atoms with Gasteiger partial charge in [0.15, 0.2) is 0 Å². The van der Waals surface area contributed by atoms with Crippen LogP contribution < -0.4 is 0 Å². The van der Waals surface area contributed by atoms with E-state index in [1.807, 2.05) is 24.4 Å². The van der Waals surface area contributed by atoms with E-state index in [0.29, 0.717) is 0 Å². The predicted octanol–water partition coefficient (Wildman–Crippen LogP) is 10.4. The zero-order valence-electron chi connectivity index (χ0n) is 23.4. The second-order valence-corrected chi connectivity index (χ2v) is 10.7. The third kappa shape index (κ3) is 4.58. The molecule has 0 unspecified atom stereocenters. The Morgan fingerprint density at radius 1 is 0.372 bits per heavy atom. The maximum Gasteiger partial charge on any atom is 0.0730 e. The van der Waals surface area contributed by atoms with Crippen LogP contribution in [0, 0.1) is 0 Å². The number of aromatic amines is 1. The van der Waals surface area contributed by atoms with Crippen molar-refractivity contribution in [3.8, 4) is 56.0 Å². The molecule has 3 aromatic heterocycles. The molecule has 0 amide bonds. The van der Waals surface area contributed by atoms with E-state index in [1.165, 1.54) is 33.0 Å². The van der Waals surface area contributed by atoms with Gasteiger partial charge in [0, 0.05) is 33.7 Å². The topological polar surface area (TPSA) is 41.6 Å². The van der Waals surface area contributed by atoms with Crippen LogP contribution in [0.3, 0.4) is 0 Å². The van der Waals surface area contributed by atoms with Crippen LogP contribution in [0.5, 0.6) is 0 Å². The fraction of sp³-hybridized carbons (Fsp3) is 0. The van der Waals surface area contributed by atoms with Gasteiger partial charge in [0.2, 0.25) is 0 Å². The summed E-state index contributed by atoms with van der Waals surface area (Å²) >= 11 is 0. The standard InChI is InChI=1S/C40H27N3/c1-2-10-27(11-3-1)28-21-23-29(24-22-28)30-12-6-13-31(26-30)36-19-9-20-38(42-36)35-17-8-15-33-32-14-7-16-34(39(32)43-40(33)35)37-18-4-5-25-41-37/h1-26,43H. The van der Waals surface area contributed by atoms with Crippen molar-refractivity contribution in [3.05, 3.63) is 158 Å². The van der Waals surface area contributed by atoms with E-state index in [2.05, 4.69) is 143 Å². The molecule has 5 aromatic carbocycles. The molecule has 202 valence electrons. The van der Waals surface area contributed by atoms with E-state index in [4.69, 9.17) is 4.98 Å². The van der Waals surface area contributed by atoms with Crippen LogP contribution in [-0.4, -0.2) is 15.0 Å². The summed E-state index contributed by atoms with van der Waals surface area (Å²) in [4.78, 5) is 13.5. The van der Waals surface area contributed by atoms with Crippen LogP contribution in [0.15, 0.2) is 158 Å². The lowest BCUT2D eigenvalue weighted by molar-refractivity contribution is 1.32. The second-order valence-electron chi connectivity index (χ2n) is 10.7. The van der Waals surface area contributed by atoms with Gasteiger partial charge < -0.3 is 4.98 Å². The Labute approximate surface area is 250 Å². The molecule has 0 radical (unpaired) electrons. The predicted molar refractivity (Wildman–Crippen MR) is 179 cm³/mol. The van der Waals surface area contributed by atoms with Crippen LogP contribution in [-0.2, 0) is 0 Å². The molecule has 0 aliphatic rings. The van der Waals surface area contributed by atoms with Crippen LogP contribution in [0.2, 0.25) is 0 Å². The lowest BCUT2D eigenvalue weighted by Gasteiger charge is -2.09. The monoisotopic (exact) mass is 549 g/mol. The van der Waals surface area contributed by atoms with Crippen LogP contribution in [0.4, 0.5) is 0 Å². The second kappa shape index (κ2) is 10.6. The summed E-state index contributed by atoms with van der Waals surface area (Å²) in [5.74, 6) is 0.